The number of fused-ring (bicyclic) bond motifs is 1. The van der Waals surface area contributed by atoms with Crippen LogP contribution in [0.3, 0.4) is 0 Å². The van der Waals surface area contributed by atoms with E-state index in [0.29, 0.717) is 16.4 Å². The largest absolute Gasteiger partial charge is 0.449 e. The van der Waals surface area contributed by atoms with Crippen LogP contribution in [-0.2, 0) is 19.1 Å². The number of benzene rings is 2. The van der Waals surface area contributed by atoms with E-state index in [-0.39, 0.29) is 5.91 Å². The maximum Gasteiger partial charge on any atom is 0.331 e. The second-order valence-electron chi connectivity index (χ2n) is 6.18. The number of hydrogen-bond donors (Lipinski definition) is 2. The van der Waals surface area contributed by atoms with E-state index in [2.05, 4.69) is 15.6 Å². The van der Waals surface area contributed by atoms with Gasteiger partial charge in [-0.05, 0) is 49.4 Å². The van der Waals surface area contributed by atoms with Crippen molar-refractivity contribution >= 4 is 56.8 Å². The van der Waals surface area contributed by atoms with Gasteiger partial charge in [-0.3, -0.25) is 9.59 Å². The fourth-order valence-corrected chi connectivity index (χ4v) is 3.32. The van der Waals surface area contributed by atoms with Crippen molar-refractivity contribution in [3.63, 3.8) is 0 Å². The lowest BCUT2D eigenvalue weighted by Gasteiger charge is -2.12. The molecule has 148 valence electrons. The van der Waals surface area contributed by atoms with E-state index in [1.54, 1.807) is 30.3 Å². The highest BCUT2D eigenvalue weighted by molar-refractivity contribution is 7.19. The average Bonchev–Trinajstić information content (AvgIpc) is 3.10. The molecule has 1 heterocycles. The van der Waals surface area contributed by atoms with Crippen LogP contribution in [-0.4, -0.2) is 28.9 Å². The van der Waals surface area contributed by atoms with E-state index in [0.717, 1.165) is 10.2 Å². The Kier molecular flexibility index (Phi) is 6.36. The minimum Gasteiger partial charge on any atom is -0.449 e. The average molecular weight is 409 g/mol. The molecule has 0 aliphatic rings. The molecule has 2 N–H and O–H groups in total. The molecule has 0 unspecified atom stereocenters. The number of para-hydroxylation sites is 1. The number of rotatable bonds is 6. The summed E-state index contributed by atoms with van der Waals surface area (Å²) in [5.74, 6) is -1.27. The Morgan fingerprint density at radius 1 is 1.03 bits per heavy atom. The third-order valence-corrected chi connectivity index (χ3v) is 4.81. The van der Waals surface area contributed by atoms with Crippen molar-refractivity contribution in [1.82, 2.24) is 4.98 Å². The minimum atomic E-state index is -0.975. The Morgan fingerprint density at radius 2 is 1.69 bits per heavy atom. The Morgan fingerprint density at radius 3 is 2.34 bits per heavy atom. The molecular weight excluding hydrogens is 390 g/mol. The zero-order valence-electron chi connectivity index (χ0n) is 15.8. The van der Waals surface area contributed by atoms with Crippen LogP contribution in [0.1, 0.15) is 18.9 Å². The van der Waals surface area contributed by atoms with E-state index in [1.165, 1.54) is 31.3 Å². The molecule has 29 heavy (non-hydrogen) atoms. The molecule has 0 saturated heterocycles. The van der Waals surface area contributed by atoms with Crippen molar-refractivity contribution in [2.24, 2.45) is 0 Å². The first kappa shape index (κ1) is 20.2. The highest BCUT2D eigenvalue weighted by Crippen LogP contribution is 2.22. The lowest BCUT2D eigenvalue weighted by atomic mass is 10.2. The van der Waals surface area contributed by atoms with E-state index < -0.39 is 18.0 Å². The van der Waals surface area contributed by atoms with E-state index >= 15 is 0 Å². The van der Waals surface area contributed by atoms with Crippen LogP contribution in [0, 0.1) is 0 Å². The predicted octanol–water partition coefficient (Wildman–Crippen LogP) is 3.84. The molecule has 3 rings (SSSR count). The first-order chi connectivity index (χ1) is 13.9. The second-order valence-corrected chi connectivity index (χ2v) is 7.24. The van der Waals surface area contributed by atoms with Gasteiger partial charge >= 0.3 is 5.97 Å². The first-order valence-electron chi connectivity index (χ1n) is 8.83. The van der Waals surface area contributed by atoms with Gasteiger partial charge < -0.3 is 15.4 Å². The summed E-state index contributed by atoms with van der Waals surface area (Å²) in [6.45, 7) is 2.90. The summed E-state index contributed by atoms with van der Waals surface area (Å²) in [6.07, 6.45) is 1.85. The number of nitrogens with one attached hydrogen (secondary N) is 2. The summed E-state index contributed by atoms with van der Waals surface area (Å²) in [4.78, 5) is 39.6. The van der Waals surface area contributed by atoms with Crippen LogP contribution in [0.2, 0.25) is 0 Å². The maximum absolute atomic E-state index is 12.2. The van der Waals surface area contributed by atoms with Gasteiger partial charge in [0.15, 0.2) is 6.10 Å². The maximum atomic E-state index is 12.2. The number of nitrogens with zero attached hydrogens (tertiary/aromatic N) is 1. The van der Waals surface area contributed by atoms with Gasteiger partial charge in [-0.2, -0.15) is 0 Å². The summed E-state index contributed by atoms with van der Waals surface area (Å²) in [5.41, 5.74) is 2.01. The highest BCUT2D eigenvalue weighted by Gasteiger charge is 2.16. The molecule has 1 atom stereocenters. The molecule has 0 radical (unpaired) electrons. The van der Waals surface area contributed by atoms with Crippen LogP contribution in [0.5, 0.6) is 0 Å². The lowest BCUT2D eigenvalue weighted by Crippen LogP contribution is -2.29. The van der Waals surface area contributed by atoms with Crippen molar-refractivity contribution in [3.8, 4) is 0 Å². The molecule has 0 aliphatic heterocycles. The standard InChI is InChI=1S/C21H19N3O4S/c1-13(21(27)23-16-9-7-15(8-10-16)22-14(2)25)28-20(26)12-11-19-24-17-5-3-4-6-18(17)29-19/h3-13H,1-2H3,(H,22,25)(H,23,27)/b12-11+/t13-/m1/s1. The van der Waals surface area contributed by atoms with Gasteiger partial charge in [0.05, 0.1) is 10.2 Å². The van der Waals surface area contributed by atoms with Gasteiger partial charge in [0.25, 0.3) is 5.91 Å². The van der Waals surface area contributed by atoms with Crippen molar-refractivity contribution in [2.45, 2.75) is 20.0 Å². The van der Waals surface area contributed by atoms with Gasteiger partial charge in [-0.1, -0.05) is 12.1 Å². The number of esters is 1. The number of carbonyl (C=O) groups is 3. The van der Waals surface area contributed by atoms with Crippen LogP contribution in [0.15, 0.2) is 54.6 Å². The third-order valence-electron chi connectivity index (χ3n) is 3.81. The summed E-state index contributed by atoms with van der Waals surface area (Å²) in [5, 5.41) is 5.97. The molecule has 7 nitrogen and oxygen atoms in total. The molecule has 0 aliphatic carbocycles. The highest BCUT2D eigenvalue weighted by atomic mass is 32.1. The summed E-state index contributed by atoms with van der Waals surface area (Å²) in [6, 6.07) is 14.3. The molecule has 1 aromatic heterocycles. The van der Waals surface area contributed by atoms with E-state index in [9.17, 15) is 14.4 Å². The van der Waals surface area contributed by atoms with Crippen LogP contribution in [0.4, 0.5) is 11.4 Å². The summed E-state index contributed by atoms with van der Waals surface area (Å²) < 4.78 is 6.16. The molecule has 2 amide bonds. The molecule has 3 aromatic rings. The predicted molar refractivity (Wildman–Crippen MR) is 114 cm³/mol. The monoisotopic (exact) mass is 409 g/mol. The van der Waals surface area contributed by atoms with Crippen LogP contribution in [0.25, 0.3) is 16.3 Å². The minimum absolute atomic E-state index is 0.179. The van der Waals surface area contributed by atoms with Crippen LogP contribution < -0.4 is 10.6 Å². The lowest BCUT2D eigenvalue weighted by molar-refractivity contribution is -0.148. The quantitative estimate of drug-likeness (QED) is 0.476. The van der Waals surface area contributed by atoms with Crippen molar-refractivity contribution in [2.75, 3.05) is 10.6 Å². The van der Waals surface area contributed by atoms with Gasteiger partial charge in [0, 0.05) is 24.4 Å². The number of hydrogen-bond acceptors (Lipinski definition) is 6. The number of ether oxygens (including phenoxy) is 1. The fourth-order valence-electron chi connectivity index (χ4n) is 2.45. The SMILES string of the molecule is CC(=O)Nc1ccc(NC(=O)[C@@H](C)OC(=O)/C=C/c2nc3ccccc3s2)cc1. The Labute approximate surface area is 171 Å². The molecule has 2 aromatic carbocycles. The van der Waals surface area contributed by atoms with Gasteiger partial charge in [-0.15, -0.1) is 11.3 Å². The number of carbonyl (C=O) groups excluding carboxylic acids is 3. The third kappa shape index (κ3) is 5.73. The van der Waals surface area contributed by atoms with Crippen molar-refractivity contribution in [3.05, 3.63) is 59.6 Å². The van der Waals surface area contributed by atoms with Gasteiger partial charge in [0.1, 0.15) is 5.01 Å². The molecule has 0 saturated carbocycles. The molecular formula is C21H19N3O4S. The van der Waals surface area contributed by atoms with Crippen LogP contribution >= 0.6 is 11.3 Å². The summed E-state index contributed by atoms with van der Waals surface area (Å²) in [7, 11) is 0. The fraction of sp³-hybridized carbons (Fsp3) is 0.143. The van der Waals surface area contributed by atoms with Gasteiger partial charge in [-0.25, -0.2) is 9.78 Å². The molecule has 0 spiro atoms. The van der Waals surface area contributed by atoms with Crippen molar-refractivity contribution in [1.29, 1.82) is 0 Å². The number of amides is 2. The Bertz CT molecular complexity index is 1040. The number of aromatic nitrogens is 1. The molecule has 0 fully saturated rings. The van der Waals surface area contributed by atoms with E-state index in [4.69, 9.17) is 4.74 Å². The topological polar surface area (TPSA) is 97.4 Å². The summed E-state index contributed by atoms with van der Waals surface area (Å²) >= 11 is 1.46. The zero-order chi connectivity index (χ0) is 20.8. The molecule has 8 heteroatoms. The molecule has 0 bridgehead atoms. The normalized spacial score (nSPS) is 11.9. The number of anilines is 2. The Hall–Kier alpha value is -3.52. The second kappa shape index (κ2) is 9.11. The Balaban J connectivity index is 1.53. The van der Waals surface area contributed by atoms with E-state index in [1.807, 2.05) is 24.3 Å². The van der Waals surface area contributed by atoms with Crippen molar-refractivity contribution < 1.29 is 19.1 Å². The number of thiazole rings is 1. The first-order valence-corrected chi connectivity index (χ1v) is 9.65. The zero-order valence-corrected chi connectivity index (χ0v) is 16.7. The smallest absolute Gasteiger partial charge is 0.331 e. The van der Waals surface area contributed by atoms with Gasteiger partial charge in [0.2, 0.25) is 5.91 Å².